The molecule has 0 saturated carbocycles. The number of para-hydroxylation sites is 1. The Hall–Kier alpha value is -2.64. The lowest BCUT2D eigenvalue weighted by Gasteiger charge is -2.37. The van der Waals surface area contributed by atoms with E-state index in [2.05, 4.69) is 0 Å². The minimum absolute atomic E-state index is 0.0262. The van der Waals surface area contributed by atoms with Gasteiger partial charge in [-0.1, -0.05) is 39.0 Å². The summed E-state index contributed by atoms with van der Waals surface area (Å²) in [5.41, 5.74) is -0.125. The third-order valence-electron chi connectivity index (χ3n) is 4.75. The Bertz CT molecular complexity index is 808. The molecule has 0 N–H and O–H groups in total. The van der Waals surface area contributed by atoms with Crippen LogP contribution in [0.25, 0.3) is 0 Å². The molecule has 1 fully saturated rings. The van der Waals surface area contributed by atoms with Crippen LogP contribution in [0.1, 0.15) is 52.7 Å². The van der Waals surface area contributed by atoms with E-state index in [4.69, 9.17) is 4.74 Å². The number of urea groups is 1. The van der Waals surface area contributed by atoms with Gasteiger partial charge < -0.3 is 14.5 Å². The van der Waals surface area contributed by atoms with Crippen LogP contribution >= 0.6 is 0 Å². The summed E-state index contributed by atoms with van der Waals surface area (Å²) in [4.78, 5) is 40.1. The van der Waals surface area contributed by atoms with Crippen LogP contribution in [0.5, 0.6) is 0 Å². The SMILES string of the molecule is Cc1cccc(CN2CCN(C(C(=O)OC(C)(C)C)C(C)(C)C)C2=O)c1[N+](=O)[O-]. The Kier molecular flexibility index (Phi) is 6.25. The lowest BCUT2D eigenvalue weighted by Crippen LogP contribution is -2.52. The summed E-state index contributed by atoms with van der Waals surface area (Å²) < 4.78 is 5.57. The van der Waals surface area contributed by atoms with Gasteiger partial charge >= 0.3 is 12.0 Å². The van der Waals surface area contributed by atoms with Crippen molar-refractivity contribution in [2.75, 3.05) is 13.1 Å². The van der Waals surface area contributed by atoms with Crippen molar-refractivity contribution in [2.24, 2.45) is 5.41 Å². The highest BCUT2D eigenvalue weighted by Crippen LogP contribution is 2.31. The summed E-state index contributed by atoms with van der Waals surface area (Å²) in [6, 6.07) is 4.03. The van der Waals surface area contributed by atoms with Crippen molar-refractivity contribution in [3.8, 4) is 0 Å². The molecule has 0 radical (unpaired) electrons. The zero-order chi connectivity index (χ0) is 22.1. The largest absolute Gasteiger partial charge is 0.458 e. The topological polar surface area (TPSA) is 93.0 Å². The Morgan fingerprint density at radius 1 is 1.21 bits per heavy atom. The first kappa shape index (κ1) is 22.6. The van der Waals surface area contributed by atoms with E-state index in [0.29, 0.717) is 24.2 Å². The Labute approximate surface area is 172 Å². The first-order valence-corrected chi connectivity index (χ1v) is 9.73. The smallest absolute Gasteiger partial charge is 0.329 e. The molecule has 0 spiro atoms. The molecule has 8 nitrogen and oxygen atoms in total. The maximum atomic E-state index is 13.1. The normalized spacial score (nSPS) is 16.2. The Balaban J connectivity index is 2.27. The third kappa shape index (κ3) is 5.25. The van der Waals surface area contributed by atoms with Crippen LogP contribution < -0.4 is 0 Å². The number of benzene rings is 1. The van der Waals surface area contributed by atoms with Gasteiger partial charge in [-0.3, -0.25) is 10.1 Å². The molecule has 1 heterocycles. The fraction of sp³-hybridized carbons (Fsp3) is 0.619. The van der Waals surface area contributed by atoms with E-state index in [1.54, 1.807) is 50.8 Å². The van der Waals surface area contributed by atoms with E-state index in [0.717, 1.165) is 0 Å². The van der Waals surface area contributed by atoms with Gasteiger partial charge in [0.15, 0.2) is 0 Å². The number of aryl methyl sites for hydroxylation is 1. The zero-order valence-corrected chi connectivity index (χ0v) is 18.3. The number of ether oxygens (including phenoxy) is 1. The summed E-state index contributed by atoms with van der Waals surface area (Å²) in [6.45, 7) is 13.6. The number of carbonyl (C=O) groups is 2. The second-order valence-corrected chi connectivity index (χ2v) is 9.54. The van der Waals surface area contributed by atoms with Crippen LogP contribution in [0.2, 0.25) is 0 Å². The molecule has 1 aromatic rings. The highest BCUT2D eigenvalue weighted by molar-refractivity contribution is 5.86. The van der Waals surface area contributed by atoms with Crippen LogP contribution in [0, 0.1) is 22.5 Å². The average Bonchev–Trinajstić information content (AvgIpc) is 2.85. The molecular formula is C21H31N3O5. The van der Waals surface area contributed by atoms with E-state index in [9.17, 15) is 19.7 Å². The molecule has 29 heavy (non-hydrogen) atoms. The maximum Gasteiger partial charge on any atom is 0.329 e. The molecule has 1 atom stereocenters. The lowest BCUT2D eigenvalue weighted by molar-refractivity contribution is -0.386. The van der Waals surface area contributed by atoms with E-state index in [1.807, 2.05) is 20.8 Å². The maximum absolute atomic E-state index is 13.1. The van der Waals surface area contributed by atoms with E-state index < -0.39 is 28.0 Å². The molecule has 1 aromatic carbocycles. The van der Waals surface area contributed by atoms with E-state index in [-0.39, 0.29) is 18.3 Å². The summed E-state index contributed by atoms with van der Waals surface area (Å²) in [7, 11) is 0. The minimum atomic E-state index is -0.744. The number of esters is 1. The third-order valence-corrected chi connectivity index (χ3v) is 4.75. The highest BCUT2D eigenvalue weighted by atomic mass is 16.6. The lowest BCUT2D eigenvalue weighted by atomic mass is 9.85. The molecule has 1 aliphatic rings. The quantitative estimate of drug-likeness (QED) is 0.421. The van der Waals surface area contributed by atoms with Gasteiger partial charge in [-0.05, 0) is 33.1 Å². The summed E-state index contributed by atoms with van der Waals surface area (Å²) in [5.74, 6) is -0.443. The van der Waals surface area contributed by atoms with Gasteiger partial charge in [0.05, 0.1) is 11.5 Å². The van der Waals surface area contributed by atoms with Gasteiger partial charge in [-0.15, -0.1) is 0 Å². The standard InChI is InChI=1S/C21H31N3O5/c1-14-9-8-10-15(16(14)24(27)28)13-22-11-12-23(19(22)26)17(20(2,3)4)18(25)29-21(5,6)7/h8-10,17H,11-13H2,1-7H3. The van der Waals surface area contributed by atoms with Crippen molar-refractivity contribution < 1.29 is 19.2 Å². The van der Waals surface area contributed by atoms with Crippen LogP contribution in [0.3, 0.4) is 0 Å². The molecule has 1 aliphatic heterocycles. The number of carbonyl (C=O) groups excluding carboxylic acids is 2. The molecule has 1 unspecified atom stereocenters. The predicted octanol–water partition coefficient (Wildman–Crippen LogP) is 3.90. The monoisotopic (exact) mass is 405 g/mol. The fourth-order valence-electron chi connectivity index (χ4n) is 3.61. The van der Waals surface area contributed by atoms with Crippen molar-refractivity contribution in [3.63, 3.8) is 0 Å². The second kappa shape index (κ2) is 8.00. The van der Waals surface area contributed by atoms with Crippen LogP contribution in [-0.2, 0) is 16.1 Å². The van der Waals surface area contributed by atoms with Crippen molar-refractivity contribution >= 4 is 17.7 Å². The number of nitro benzene ring substituents is 1. The molecule has 2 amide bonds. The predicted molar refractivity (Wildman–Crippen MR) is 109 cm³/mol. The minimum Gasteiger partial charge on any atom is -0.458 e. The van der Waals surface area contributed by atoms with Crippen molar-refractivity contribution in [1.29, 1.82) is 0 Å². The van der Waals surface area contributed by atoms with Gasteiger partial charge in [-0.25, -0.2) is 9.59 Å². The zero-order valence-electron chi connectivity index (χ0n) is 18.3. The van der Waals surface area contributed by atoms with E-state index >= 15 is 0 Å². The van der Waals surface area contributed by atoms with Gasteiger partial charge in [0.2, 0.25) is 0 Å². The molecule has 0 bridgehead atoms. The molecule has 160 valence electrons. The molecule has 0 aromatic heterocycles. The van der Waals surface area contributed by atoms with Crippen molar-refractivity contribution in [3.05, 3.63) is 39.4 Å². The first-order valence-electron chi connectivity index (χ1n) is 9.73. The van der Waals surface area contributed by atoms with E-state index in [1.165, 1.54) is 4.90 Å². The van der Waals surface area contributed by atoms with Gasteiger partial charge in [0.25, 0.3) is 5.69 Å². The summed E-state index contributed by atoms with van der Waals surface area (Å²) in [5, 5.41) is 11.5. The number of nitro groups is 1. The van der Waals surface area contributed by atoms with Gasteiger partial charge in [0.1, 0.15) is 11.6 Å². The number of rotatable bonds is 5. The second-order valence-electron chi connectivity index (χ2n) is 9.54. The number of nitrogens with zero attached hydrogens (tertiary/aromatic N) is 3. The number of amides is 2. The summed E-state index contributed by atoms with van der Waals surface area (Å²) >= 11 is 0. The molecule has 0 aliphatic carbocycles. The fourth-order valence-corrected chi connectivity index (χ4v) is 3.61. The molecular weight excluding hydrogens is 374 g/mol. The first-order chi connectivity index (χ1) is 13.2. The van der Waals surface area contributed by atoms with Gasteiger partial charge in [0, 0.05) is 24.2 Å². The molecule has 1 saturated heterocycles. The van der Waals surface area contributed by atoms with Crippen molar-refractivity contribution in [1.82, 2.24) is 9.80 Å². The Morgan fingerprint density at radius 2 is 1.83 bits per heavy atom. The number of hydrogen-bond donors (Lipinski definition) is 0. The summed E-state index contributed by atoms with van der Waals surface area (Å²) in [6.07, 6.45) is 0. The molecule has 2 rings (SSSR count). The van der Waals surface area contributed by atoms with Crippen LogP contribution in [0.15, 0.2) is 18.2 Å². The average molecular weight is 405 g/mol. The van der Waals surface area contributed by atoms with Crippen LogP contribution in [-0.4, -0.2) is 51.5 Å². The number of hydrogen-bond acceptors (Lipinski definition) is 5. The van der Waals surface area contributed by atoms with Gasteiger partial charge in [-0.2, -0.15) is 0 Å². The molecule has 8 heteroatoms. The Morgan fingerprint density at radius 3 is 2.34 bits per heavy atom. The van der Waals surface area contributed by atoms with Crippen LogP contribution in [0.4, 0.5) is 10.5 Å². The highest BCUT2D eigenvalue weighted by Gasteiger charge is 2.45. The van der Waals surface area contributed by atoms with Crippen molar-refractivity contribution in [2.45, 2.75) is 66.7 Å².